The average Bonchev–Trinajstić information content (AvgIpc) is 3.19. The van der Waals surface area contributed by atoms with Gasteiger partial charge in [0.2, 0.25) is 10.0 Å². The van der Waals surface area contributed by atoms with Crippen LogP contribution in [0.5, 0.6) is 0 Å². The molecule has 31 heavy (non-hydrogen) atoms. The second kappa shape index (κ2) is 8.94. The number of nitrogens with one attached hydrogen (secondary N) is 2. The Hall–Kier alpha value is -3.11. The maximum atomic E-state index is 12.9. The molecule has 7 heteroatoms. The molecule has 4 aromatic rings. The van der Waals surface area contributed by atoms with Gasteiger partial charge in [-0.2, -0.15) is 5.26 Å². The Morgan fingerprint density at radius 3 is 2.48 bits per heavy atom. The van der Waals surface area contributed by atoms with Gasteiger partial charge in [0, 0.05) is 34.6 Å². The fraction of sp³-hybridized carbons (Fsp3) is 0.125. The van der Waals surface area contributed by atoms with Crippen molar-refractivity contribution in [1.29, 1.82) is 5.26 Å². The summed E-state index contributed by atoms with van der Waals surface area (Å²) in [6.45, 7) is 0.142. The minimum absolute atomic E-state index is 0.142. The molecule has 2 N–H and O–H groups in total. The number of benzene rings is 3. The van der Waals surface area contributed by atoms with Crippen molar-refractivity contribution < 1.29 is 8.42 Å². The quantitative estimate of drug-likeness (QED) is 0.418. The van der Waals surface area contributed by atoms with Crippen molar-refractivity contribution in [2.24, 2.45) is 0 Å². The zero-order valence-corrected chi connectivity index (χ0v) is 18.1. The van der Waals surface area contributed by atoms with Crippen molar-refractivity contribution >= 4 is 32.5 Å². The largest absolute Gasteiger partial charge is 0.361 e. The molecule has 1 aromatic heterocycles. The predicted molar refractivity (Wildman–Crippen MR) is 123 cm³/mol. The Labute approximate surface area is 186 Å². The third-order valence-corrected chi connectivity index (χ3v) is 6.91. The van der Waals surface area contributed by atoms with Crippen LogP contribution in [0.4, 0.5) is 0 Å². The number of sulfonamides is 1. The third kappa shape index (κ3) is 4.64. The number of rotatable bonds is 7. The monoisotopic (exact) mass is 449 g/mol. The smallest absolute Gasteiger partial charge is 0.215 e. The molecule has 1 heterocycles. The summed E-state index contributed by atoms with van der Waals surface area (Å²) in [4.78, 5) is 3.25. The summed E-state index contributed by atoms with van der Waals surface area (Å²) in [7, 11) is -3.68. The summed E-state index contributed by atoms with van der Waals surface area (Å²) in [5, 5.41) is 10.8. The van der Waals surface area contributed by atoms with Gasteiger partial charge in [-0.3, -0.25) is 0 Å². The summed E-state index contributed by atoms with van der Waals surface area (Å²) in [6, 6.07) is 24.1. The topological polar surface area (TPSA) is 85.8 Å². The van der Waals surface area contributed by atoms with Gasteiger partial charge in [0.05, 0.1) is 17.4 Å². The number of halogens is 1. The molecule has 0 radical (unpaired) electrons. The van der Waals surface area contributed by atoms with Gasteiger partial charge in [-0.1, -0.05) is 66.2 Å². The van der Waals surface area contributed by atoms with Crippen LogP contribution in [0.1, 0.15) is 28.2 Å². The van der Waals surface area contributed by atoms with Crippen molar-refractivity contribution in [3.63, 3.8) is 0 Å². The molecule has 0 aliphatic carbocycles. The number of nitrogens with zero attached hydrogens (tertiary/aromatic N) is 1. The summed E-state index contributed by atoms with van der Waals surface area (Å²) in [6.07, 6.45) is 1.90. The highest BCUT2D eigenvalue weighted by molar-refractivity contribution is 7.88. The minimum atomic E-state index is -3.68. The maximum Gasteiger partial charge on any atom is 0.215 e. The zero-order valence-electron chi connectivity index (χ0n) is 16.5. The van der Waals surface area contributed by atoms with Gasteiger partial charge in [0.15, 0.2) is 0 Å². The van der Waals surface area contributed by atoms with E-state index in [-0.39, 0.29) is 18.2 Å². The van der Waals surface area contributed by atoms with Crippen LogP contribution in [0, 0.1) is 11.3 Å². The van der Waals surface area contributed by atoms with Crippen molar-refractivity contribution in [3.05, 3.63) is 106 Å². The van der Waals surface area contributed by atoms with Gasteiger partial charge in [-0.25, -0.2) is 13.1 Å². The van der Waals surface area contributed by atoms with Crippen molar-refractivity contribution in [2.45, 2.75) is 11.7 Å². The van der Waals surface area contributed by atoms with Crippen LogP contribution in [-0.4, -0.2) is 19.9 Å². The van der Waals surface area contributed by atoms with Crippen LogP contribution in [0.15, 0.2) is 79.0 Å². The molecule has 0 unspecified atom stereocenters. The van der Waals surface area contributed by atoms with Crippen LogP contribution < -0.4 is 4.72 Å². The van der Waals surface area contributed by atoms with Crippen molar-refractivity contribution in [2.75, 3.05) is 6.54 Å². The van der Waals surface area contributed by atoms with E-state index in [1.807, 2.05) is 54.7 Å². The van der Waals surface area contributed by atoms with Gasteiger partial charge in [-0.15, -0.1) is 0 Å². The van der Waals surface area contributed by atoms with Crippen LogP contribution in [-0.2, 0) is 15.8 Å². The zero-order chi connectivity index (χ0) is 21.8. The molecule has 0 fully saturated rings. The van der Waals surface area contributed by atoms with Crippen LogP contribution in [0.25, 0.3) is 10.9 Å². The third-order valence-electron chi connectivity index (χ3n) is 5.27. The van der Waals surface area contributed by atoms with E-state index < -0.39 is 10.0 Å². The van der Waals surface area contributed by atoms with Gasteiger partial charge < -0.3 is 4.98 Å². The van der Waals surface area contributed by atoms with Gasteiger partial charge in [0.1, 0.15) is 0 Å². The van der Waals surface area contributed by atoms with Gasteiger partial charge >= 0.3 is 0 Å². The molecule has 0 saturated carbocycles. The lowest BCUT2D eigenvalue weighted by Gasteiger charge is -2.19. The number of aromatic amines is 1. The molecule has 0 saturated heterocycles. The van der Waals surface area contributed by atoms with Crippen LogP contribution in [0.3, 0.4) is 0 Å². The molecule has 5 nitrogen and oxygen atoms in total. The van der Waals surface area contributed by atoms with E-state index in [2.05, 4.69) is 9.71 Å². The Morgan fingerprint density at radius 1 is 0.968 bits per heavy atom. The number of aromatic nitrogens is 1. The Bertz CT molecular complexity index is 1370. The van der Waals surface area contributed by atoms with Crippen molar-refractivity contribution in [1.82, 2.24) is 9.71 Å². The summed E-state index contributed by atoms with van der Waals surface area (Å²) in [5.74, 6) is -0.550. The number of hydrogen-bond donors (Lipinski definition) is 2. The number of hydrogen-bond acceptors (Lipinski definition) is 3. The van der Waals surface area contributed by atoms with E-state index in [1.54, 1.807) is 30.3 Å². The predicted octanol–water partition coefficient (Wildman–Crippen LogP) is 4.94. The molecule has 0 aliphatic heterocycles. The fourth-order valence-corrected chi connectivity index (χ4v) is 5.20. The first-order chi connectivity index (χ1) is 15.0. The molecule has 4 rings (SSSR count). The molecule has 3 aromatic carbocycles. The first-order valence-electron chi connectivity index (χ1n) is 9.74. The van der Waals surface area contributed by atoms with Crippen LogP contribution in [0.2, 0.25) is 5.02 Å². The molecule has 0 aliphatic rings. The second-order valence-corrected chi connectivity index (χ2v) is 9.45. The molecule has 156 valence electrons. The normalized spacial score (nSPS) is 12.5. The molecule has 0 amide bonds. The highest BCUT2D eigenvalue weighted by Crippen LogP contribution is 2.34. The first-order valence-corrected chi connectivity index (χ1v) is 11.8. The summed E-state index contributed by atoms with van der Waals surface area (Å²) in [5.41, 5.74) is 3.60. The van der Waals surface area contributed by atoms with E-state index in [4.69, 9.17) is 11.6 Å². The fourth-order valence-electron chi connectivity index (χ4n) is 3.75. The standard InChI is InChI=1S/C24H20ClN3O2S/c25-23-11-5-3-9-19(23)22(21-14-27-24-12-6-4-10-20(21)24)15-28-31(29,30)16-18-8-2-1-7-17(18)13-26/h1-12,14,22,27-28H,15-16H2/t22-/m1/s1. The van der Waals surface area contributed by atoms with Crippen molar-refractivity contribution in [3.8, 4) is 6.07 Å². The molecule has 0 spiro atoms. The van der Waals surface area contributed by atoms with Gasteiger partial charge in [0.25, 0.3) is 0 Å². The number of para-hydroxylation sites is 1. The molecular formula is C24H20ClN3O2S. The first kappa shape index (κ1) is 21.1. The number of nitriles is 1. The number of H-pyrrole nitrogens is 1. The van der Waals surface area contributed by atoms with E-state index in [9.17, 15) is 13.7 Å². The minimum Gasteiger partial charge on any atom is -0.361 e. The Kier molecular flexibility index (Phi) is 6.10. The lowest BCUT2D eigenvalue weighted by molar-refractivity contribution is 0.577. The lowest BCUT2D eigenvalue weighted by Crippen LogP contribution is -2.30. The van der Waals surface area contributed by atoms with Gasteiger partial charge in [-0.05, 0) is 34.9 Å². The average molecular weight is 450 g/mol. The van der Waals surface area contributed by atoms with E-state index in [1.165, 1.54) is 0 Å². The second-order valence-electron chi connectivity index (χ2n) is 7.24. The Morgan fingerprint density at radius 2 is 1.68 bits per heavy atom. The van der Waals surface area contributed by atoms with E-state index >= 15 is 0 Å². The van der Waals surface area contributed by atoms with E-state index in [0.717, 1.165) is 22.0 Å². The SMILES string of the molecule is N#Cc1ccccc1CS(=O)(=O)NC[C@H](c1ccccc1Cl)c1c[nH]c2ccccc12. The number of fused-ring (bicyclic) bond motifs is 1. The maximum absolute atomic E-state index is 12.9. The highest BCUT2D eigenvalue weighted by Gasteiger charge is 2.23. The highest BCUT2D eigenvalue weighted by atomic mass is 35.5. The summed E-state index contributed by atoms with van der Waals surface area (Å²) < 4.78 is 28.4. The molecule has 1 atom stereocenters. The van der Waals surface area contributed by atoms with Crippen LogP contribution >= 0.6 is 11.6 Å². The molecule has 0 bridgehead atoms. The summed E-state index contributed by atoms with van der Waals surface area (Å²) >= 11 is 6.48. The molecular weight excluding hydrogens is 430 g/mol. The lowest BCUT2D eigenvalue weighted by atomic mass is 9.91. The van der Waals surface area contributed by atoms with E-state index in [0.29, 0.717) is 16.1 Å². The Balaban J connectivity index is 1.66.